The van der Waals surface area contributed by atoms with Gasteiger partial charge in [-0.15, -0.1) is 11.3 Å². The van der Waals surface area contributed by atoms with Gasteiger partial charge in [-0.25, -0.2) is 4.98 Å². The predicted molar refractivity (Wildman–Crippen MR) is 57.1 cm³/mol. The Kier molecular flexibility index (Phi) is 4.55. The molecular formula is C9H15N3OS. The summed E-state index contributed by atoms with van der Waals surface area (Å²) >= 11 is 1.57. The van der Waals surface area contributed by atoms with Gasteiger partial charge in [-0.05, 0) is 6.92 Å². The van der Waals surface area contributed by atoms with Crippen molar-refractivity contribution >= 4 is 17.2 Å². The molecule has 0 aliphatic heterocycles. The summed E-state index contributed by atoms with van der Waals surface area (Å²) in [5, 5.41) is 4.78. The Morgan fingerprint density at radius 2 is 2.57 bits per heavy atom. The number of hydrogen-bond donors (Lipinski definition) is 2. The number of amides is 1. The molecule has 0 saturated carbocycles. The van der Waals surface area contributed by atoms with E-state index in [9.17, 15) is 4.79 Å². The Balaban J connectivity index is 2.12. The molecule has 0 fully saturated rings. The van der Waals surface area contributed by atoms with Crippen molar-refractivity contribution in [2.75, 3.05) is 6.54 Å². The van der Waals surface area contributed by atoms with Crippen molar-refractivity contribution in [2.45, 2.75) is 25.8 Å². The standard InChI is InChI=1S/C9H15N3OS/c1-7(10)4-9(13)11-3-2-8-5-14-6-12-8/h5-7H,2-4,10H2,1H3,(H,11,13). The molecule has 0 aliphatic rings. The predicted octanol–water partition coefficient (Wildman–Crippen LogP) is 0.539. The van der Waals surface area contributed by atoms with Crippen molar-refractivity contribution in [2.24, 2.45) is 5.73 Å². The molecular weight excluding hydrogens is 198 g/mol. The summed E-state index contributed by atoms with van der Waals surface area (Å²) in [5.41, 5.74) is 8.30. The Bertz CT molecular complexity index is 272. The Morgan fingerprint density at radius 1 is 1.79 bits per heavy atom. The number of rotatable bonds is 5. The van der Waals surface area contributed by atoms with Gasteiger partial charge in [0.05, 0.1) is 11.2 Å². The molecule has 1 aromatic heterocycles. The van der Waals surface area contributed by atoms with Gasteiger partial charge in [0, 0.05) is 30.8 Å². The lowest BCUT2D eigenvalue weighted by Gasteiger charge is -2.05. The lowest BCUT2D eigenvalue weighted by atomic mass is 10.2. The summed E-state index contributed by atoms with van der Waals surface area (Å²) in [6, 6.07) is -0.0747. The molecule has 1 aromatic rings. The van der Waals surface area contributed by atoms with Gasteiger partial charge in [-0.1, -0.05) is 0 Å². The van der Waals surface area contributed by atoms with Crippen LogP contribution < -0.4 is 11.1 Å². The van der Waals surface area contributed by atoms with Gasteiger partial charge in [-0.2, -0.15) is 0 Å². The summed E-state index contributed by atoms with van der Waals surface area (Å²) in [6.07, 6.45) is 1.17. The summed E-state index contributed by atoms with van der Waals surface area (Å²) in [6.45, 7) is 2.45. The van der Waals surface area contributed by atoms with E-state index in [1.165, 1.54) is 0 Å². The average Bonchev–Trinajstić information content (AvgIpc) is 2.55. The van der Waals surface area contributed by atoms with Crippen LogP contribution in [0, 0.1) is 0 Å². The third-order valence-electron chi connectivity index (χ3n) is 1.69. The summed E-state index contributed by atoms with van der Waals surface area (Å²) < 4.78 is 0. The number of hydrogen-bond acceptors (Lipinski definition) is 4. The molecule has 1 atom stereocenters. The van der Waals surface area contributed by atoms with Crippen LogP contribution in [0.25, 0.3) is 0 Å². The molecule has 0 bridgehead atoms. The van der Waals surface area contributed by atoms with E-state index >= 15 is 0 Å². The van der Waals surface area contributed by atoms with Crippen molar-refractivity contribution in [3.8, 4) is 0 Å². The summed E-state index contributed by atoms with van der Waals surface area (Å²) in [4.78, 5) is 15.3. The van der Waals surface area contributed by atoms with E-state index < -0.39 is 0 Å². The third kappa shape index (κ3) is 4.34. The zero-order valence-electron chi connectivity index (χ0n) is 8.19. The molecule has 5 heteroatoms. The van der Waals surface area contributed by atoms with Gasteiger partial charge in [0.2, 0.25) is 5.91 Å². The van der Waals surface area contributed by atoms with Crippen LogP contribution in [-0.2, 0) is 11.2 Å². The van der Waals surface area contributed by atoms with E-state index in [-0.39, 0.29) is 11.9 Å². The first kappa shape index (κ1) is 11.1. The molecule has 0 radical (unpaired) electrons. The van der Waals surface area contributed by atoms with E-state index in [1.807, 2.05) is 12.3 Å². The zero-order valence-corrected chi connectivity index (χ0v) is 9.01. The van der Waals surface area contributed by atoms with Crippen molar-refractivity contribution < 1.29 is 4.79 Å². The number of aromatic nitrogens is 1. The molecule has 0 aromatic carbocycles. The number of carbonyl (C=O) groups is 1. The molecule has 4 nitrogen and oxygen atoms in total. The van der Waals surface area contributed by atoms with E-state index in [0.29, 0.717) is 13.0 Å². The minimum absolute atomic E-state index is 0.00947. The summed E-state index contributed by atoms with van der Waals surface area (Å²) in [5.74, 6) is 0.00947. The second-order valence-corrected chi connectivity index (χ2v) is 3.98. The van der Waals surface area contributed by atoms with Gasteiger partial charge in [0.25, 0.3) is 0 Å². The Labute approximate surface area is 87.5 Å². The fourth-order valence-corrected chi connectivity index (χ4v) is 1.65. The molecule has 1 amide bonds. The molecule has 0 saturated heterocycles. The van der Waals surface area contributed by atoms with Crippen LogP contribution in [-0.4, -0.2) is 23.5 Å². The fourth-order valence-electron chi connectivity index (χ4n) is 1.06. The molecule has 1 rings (SSSR count). The second-order valence-electron chi connectivity index (χ2n) is 3.26. The molecule has 0 aliphatic carbocycles. The topological polar surface area (TPSA) is 68.0 Å². The maximum Gasteiger partial charge on any atom is 0.221 e. The van der Waals surface area contributed by atoms with Gasteiger partial charge in [0.1, 0.15) is 0 Å². The highest BCUT2D eigenvalue weighted by molar-refractivity contribution is 7.07. The normalized spacial score (nSPS) is 12.4. The molecule has 3 N–H and O–H groups in total. The van der Waals surface area contributed by atoms with E-state index in [0.717, 1.165) is 12.1 Å². The number of nitrogens with one attached hydrogen (secondary N) is 1. The van der Waals surface area contributed by atoms with Crippen molar-refractivity contribution in [3.05, 3.63) is 16.6 Å². The first-order valence-electron chi connectivity index (χ1n) is 4.58. The first-order valence-corrected chi connectivity index (χ1v) is 5.52. The smallest absolute Gasteiger partial charge is 0.221 e. The lowest BCUT2D eigenvalue weighted by Crippen LogP contribution is -2.31. The molecule has 0 spiro atoms. The maximum absolute atomic E-state index is 11.2. The largest absolute Gasteiger partial charge is 0.356 e. The van der Waals surface area contributed by atoms with E-state index in [4.69, 9.17) is 5.73 Å². The van der Waals surface area contributed by atoms with Gasteiger partial charge < -0.3 is 11.1 Å². The third-order valence-corrected chi connectivity index (χ3v) is 2.33. The van der Waals surface area contributed by atoms with E-state index in [1.54, 1.807) is 16.8 Å². The van der Waals surface area contributed by atoms with Crippen LogP contribution in [0.1, 0.15) is 19.0 Å². The van der Waals surface area contributed by atoms with E-state index in [2.05, 4.69) is 10.3 Å². The van der Waals surface area contributed by atoms with Crippen LogP contribution in [0.3, 0.4) is 0 Å². The van der Waals surface area contributed by atoms with Crippen LogP contribution in [0.2, 0.25) is 0 Å². The Morgan fingerprint density at radius 3 is 3.14 bits per heavy atom. The van der Waals surface area contributed by atoms with Gasteiger partial charge in [0.15, 0.2) is 0 Å². The van der Waals surface area contributed by atoms with Crippen LogP contribution in [0.5, 0.6) is 0 Å². The first-order chi connectivity index (χ1) is 6.68. The van der Waals surface area contributed by atoms with Crippen molar-refractivity contribution in [1.29, 1.82) is 0 Å². The maximum atomic E-state index is 11.2. The fraction of sp³-hybridized carbons (Fsp3) is 0.556. The minimum atomic E-state index is -0.0747. The number of nitrogens with zero attached hydrogens (tertiary/aromatic N) is 1. The number of nitrogens with two attached hydrogens (primary N) is 1. The monoisotopic (exact) mass is 213 g/mol. The lowest BCUT2D eigenvalue weighted by molar-refractivity contribution is -0.121. The van der Waals surface area contributed by atoms with Gasteiger partial charge in [-0.3, -0.25) is 4.79 Å². The Hall–Kier alpha value is -0.940. The van der Waals surface area contributed by atoms with Gasteiger partial charge >= 0.3 is 0 Å². The minimum Gasteiger partial charge on any atom is -0.356 e. The highest BCUT2D eigenvalue weighted by Gasteiger charge is 2.03. The second kappa shape index (κ2) is 5.72. The van der Waals surface area contributed by atoms with Crippen LogP contribution in [0.4, 0.5) is 0 Å². The molecule has 14 heavy (non-hydrogen) atoms. The highest BCUT2D eigenvalue weighted by Crippen LogP contribution is 2.00. The van der Waals surface area contributed by atoms with Crippen LogP contribution >= 0.6 is 11.3 Å². The molecule has 78 valence electrons. The van der Waals surface area contributed by atoms with Crippen LogP contribution in [0.15, 0.2) is 10.9 Å². The average molecular weight is 213 g/mol. The number of thiazole rings is 1. The van der Waals surface area contributed by atoms with Crippen molar-refractivity contribution in [1.82, 2.24) is 10.3 Å². The number of carbonyl (C=O) groups excluding carboxylic acids is 1. The van der Waals surface area contributed by atoms with Crippen molar-refractivity contribution in [3.63, 3.8) is 0 Å². The zero-order chi connectivity index (χ0) is 10.4. The summed E-state index contributed by atoms with van der Waals surface area (Å²) in [7, 11) is 0. The quantitative estimate of drug-likeness (QED) is 0.750. The molecule has 1 unspecified atom stereocenters. The highest BCUT2D eigenvalue weighted by atomic mass is 32.1. The molecule has 1 heterocycles. The SMILES string of the molecule is CC(N)CC(=O)NCCc1cscn1.